The lowest BCUT2D eigenvalue weighted by molar-refractivity contribution is -0.122. The Morgan fingerprint density at radius 2 is 2.54 bits per heavy atom. The van der Waals surface area contributed by atoms with Crippen molar-refractivity contribution in [2.24, 2.45) is 13.0 Å². The van der Waals surface area contributed by atoms with Gasteiger partial charge in [0.05, 0.1) is 6.54 Å². The number of aryl methyl sites for hydroxylation is 1. The molecule has 1 amide bonds. The van der Waals surface area contributed by atoms with E-state index < -0.39 is 0 Å². The average molecular weight is 180 g/mol. The molecule has 1 saturated carbocycles. The molecule has 0 spiro atoms. The summed E-state index contributed by atoms with van der Waals surface area (Å²) < 4.78 is 1.80. The second kappa shape index (κ2) is 3.16. The van der Waals surface area contributed by atoms with Gasteiger partial charge in [-0.2, -0.15) is 0 Å². The summed E-state index contributed by atoms with van der Waals surface area (Å²) in [4.78, 5) is 11.2. The maximum absolute atomic E-state index is 11.2. The molecule has 5 heteroatoms. The molecule has 2 rings (SSSR count). The fraction of sp³-hybridized carbons (Fsp3) is 0.625. The first kappa shape index (κ1) is 8.22. The SMILES string of the molecule is Cn1cnnc1CNC(=O)C1CC1. The Kier molecular flexibility index (Phi) is 2.00. The van der Waals surface area contributed by atoms with Crippen LogP contribution in [0.5, 0.6) is 0 Å². The van der Waals surface area contributed by atoms with E-state index >= 15 is 0 Å². The number of nitrogens with one attached hydrogen (secondary N) is 1. The van der Waals surface area contributed by atoms with Crippen molar-refractivity contribution >= 4 is 5.91 Å². The van der Waals surface area contributed by atoms with Gasteiger partial charge in [-0.1, -0.05) is 0 Å². The highest BCUT2D eigenvalue weighted by Crippen LogP contribution is 2.28. The Morgan fingerprint density at radius 3 is 3.08 bits per heavy atom. The molecule has 1 heterocycles. The molecule has 13 heavy (non-hydrogen) atoms. The third-order valence-electron chi connectivity index (χ3n) is 2.17. The molecule has 0 radical (unpaired) electrons. The number of rotatable bonds is 3. The van der Waals surface area contributed by atoms with Crippen LogP contribution in [0, 0.1) is 5.92 Å². The smallest absolute Gasteiger partial charge is 0.223 e. The van der Waals surface area contributed by atoms with Crippen molar-refractivity contribution in [1.29, 1.82) is 0 Å². The van der Waals surface area contributed by atoms with Gasteiger partial charge in [0.1, 0.15) is 6.33 Å². The topological polar surface area (TPSA) is 59.8 Å². The van der Waals surface area contributed by atoms with E-state index in [2.05, 4.69) is 15.5 Å². The molecule has 0 atom stereocenters. The number of hydrogen-bond acceptors (Lipinski definition) is 3. The normalized spacial score (nSPS) is 15.8. The highest BCUT2D eigenvalue weighted by atomic mass is 16.2. The lowest BCUT2D eigenvalue weighted by atomic mass is 10.4. The highest BCUT2D eigenvalue weighted by molar-refractivity contribution is 5.80. The maximum atomic E-state index is 11.2. The summed E-state index contributed by atoms with van der Waals surface area (Å²) in [6, 6.07) is 0. The summed E-state index contributed by atoms with van der Waals surface area (Å²) in [5.74, 6) is 1.19. The second-order valence-corrected chi connectivity index (χ2v) is 3.35. The van der Waals surface area contributed by atoms with Crippen LogP contribution in [-0.4, -0.2) is 20.7 Å². The minimum atomic E-state index is 0.142. The predicted octanol–water partition coefficient (Wildman–Crippen LogP) is -0.159. The number of hydrogen-bond donors (Lipinski definition) is 1. The number of carbonyl (C=O) groups excluding carboxylic acids is 1. The zero-order valence-corrected chi connectivity index (χ0v) is 7.53. The first-order valence-electron chi connectivity index (χ1n) is 4.38. The van der Waals surface area contributed by atoms with Crippen molar-refractivity contribution in [3.05, 3.63) is 12.2 Å². The Labute approximate surface area is 76.2 Å². The molecule has 0 aromatic carbocycles. The quantitative estimate of drug-likeness (QED) is 0.703. The van der Waals surface area contributed by atoms with Crippen LogP contribution in [0.1, 0.15) is 18.7 Å². The first-order chi connectivity index (χ1) is 6.27. The van der Waals surface area contributed by atoms with Crippen LogP contribution in [0.4, 0.5) is 0 Å². The van der Waals surface area contributed by atoms with E-state index in [1.54, 1.807) is 10.9 Å². The third-order valence-corrected chi connectivity index (χ3v) is 2.17. The Morgan fingerprint density at radius 1 is 1.77 bits per heavy atom. The van der Waals surface area contributed by atoms with Crippen LogP contribution < -0.4 is 5.32 Å². The molecular weight excluding hydrogens is 168 g/mol. The lowest BCUT2D eigenvalue weighted by Crippen LogP contribution is -2.25. The molecule has 1 aliphatic rings. The average Bonchev–Trinajstić information content (AvgIpc) is 2.88. The summed E-state index contributed by atoms with van der Waals surface area (Å²) in [6.45, 7) is 0.478. The molecule has 1 fully saturated rings. The monoisotopic (exact) mass is 180 g/mol. The van der Waals surface area contributed by atoms with Gasteiger partial charge >= 0.3 is 0 Å². The Bertz CT molecular complexity index is 316. The van der Waals surface area contributed by atoms with Crippen LogP contribution in [0.2, 0.25) is 0 Å². The molecular formula is C8H12N4O. The van der Waals surface area contributed by atoms with Crippen molar-refractivity contribution in [2.45, 2.75) is 19.4 Å². The van der Waals surface area contributed by atoms with Gasteiger partial charge in [-0.3, -0.25) is 4.79 Å². The van der Waals surface area contributed by atoms with E-state index in [1.165, 1.54) is 0 Å². The molecule has 5 nitrogen and oxygen atoms in total. The summed E-state index contributed by atoms with van der Waals surface area (Å²) >= 11 is 0. The molecule has 1 aromatic heterocycles. The largest absolute Gasteiger partial charge is 0.349 e. The summed E-state index contributed by atoms with van der Waals surface area (Å²) in [7, 11) is 1.86. The van der Waals surface area contributed by atoms with E-state index in [4.69, 9.17) is 0 Å². The van der Waals surface area contributed by atoms with Crippen molar-refractivity contribution in [3.63, 3.8) is 0 Å². The molecule has 1 aromatic rings. The summed E-state index contributed by atoms with van der Waals surface area (Å²) in [5, 5.41) is 10.4. The lowest BCUT2D eigenvalue weighted by Gasteiger charge is -2.02. The van der Waals surface area contributed by atoms with Crippen molar-refractivity contribution in [3.8, 4) is 0 Å². The van der Waals surface area contributed by atoms with Crippen LogP contribution in [-0.2, 0) is 18.4 Å². The van der Waals surface area contributed by atoms with Crippen LogP contribution >= 0.6 is 0 Å². The second-order valence-electron chi connectivity index (χ2n) is 3.35. The van der Waals surface area contributed by atoms with Gasteiger partial charge in [-0.25, -0.2) is 0 Å². The Hall–Kier alpha value is -1.39. The molecule has 70 valence electrons. The predicted molar refractivity (Wildman–Crippen MR) is 45.6 cm³/mol. The van der Waals surface area contributed by atoms with Crippen molar-refractivity contribution in [1.82, 2.24) is 20.1 Å². The molecule has 0 bridgehead atoms. The van der Waals surface area contributed by atoms with Crippen molar-refractivity contribution in [2.75, 3.05) is 0 Å². The maximum Gasteiger partial charge on any atom is 0.223 e. The van der Waals surface area contributed by atoms with E-state index in [0.29, 0.717) is 6.54 Å². The van der Waals surface area contributed by atoms with Gasteiger partial charge in [0, 0.05) is 13.0 Å². The molecule has 0 saturated heterocycles. The summed E-state index contributed by atoms with van der Waals surface area (Å²) in [6.07, 6.45) is 3.69. The van der Waals surface area contributed by atoms with Crippen molar-refractivity contribution < 1.29 is 4.79 Å². The fourth-order valence-electron chi connectivity index (χ4n) is 1.12. The van der Waals surface area contributed by atoms with Crippen LogP contribution in [0.15, 0.2) is 6.33 Å². The summed E-state index contributed by atoms with van der Waals surface area (Å²) in [5.41, 5.74) is 0. The standard InChI is InChI=1S/C8H12N4O/c1-12-5-10-11-7(12)4-9-8(13)6-2-3-6/h5-6H,2-4H2,1H3,(H,9,13). The number of amides is 1. The number of carbonyl (C=O) groups is 1. The molecule has 0 aliphatic heterocycles. The Balaban J connectivity index is 1.85. The number of nitrogens with zero attached hydrogens (tertiary/aromatic N) is 3. The van der Waals surface area contributed by atoms with Crippen LogP contribution in [0.3, 0.4) is 0 Å². The third kappa shape index (κ3) is 1.85. The molecule has 1 N–H and O–H groups in total. The first-order valence-corrected chi connectivity index (χ1v) is 4.38. The molecule has 0 unspecified atom stereocenters. The van der Waals surface area contributed by atoms with E-state index in [-0.39, 0.29) is 11.8 Å². The molecule has 1 aliphatic carbocycles. The highest BCUT2D eigenvalue weighted by Gasteiger charge is 2.29. The zero-order chi connectivity index (χ0) is 9.26. The van der Waals surface area contributed by atoms with E-state index in [1.807, 2.05) is 7.05 Å². The zero-order valence-electron chi connectivity index (χ0n) is 7.53. The van der Waals surface area contributed by atoms with Gasteiger partial charge in [-0.15, -0.1) is 10.2 Å². The van der Waals surface area contributed by atoms with Gasteiger partial charge in [0.2, 0.25) is 5.91 Å². The minimum Gasteiger partial charge on any atom is -0.349 e. The minimum absolute atomic E-state index is 0.142. The van der Waals surface area contributed by atoms with E-state index in [0.717, 1.165) is 18.7 Å². The van der Waals surface area contributed by atoms with Crippen LogP contribution in [0.25, 0.3) is 0 Å². The van der Waals surface area contributed by atoms with Gasteiger partial charge in [0.15, 0.2) is 5.82 Å². The van der Waals surface area contributed by atoms with Gasteiger partial charge in [0.25, 0.3) is 0 Å². The van der Waals surface area contributed by atoms with Gasteiger partial charge < -0.3 is 9.88 Å². The number of aromatic nitrogens is 3. The van der Waals surface area contributed by atoms with E-state index in [9.17, 15) is 4.79 Å². The fourth-order valence-corrected chi connectivity index (χ4v) is 1.12. The van der Waals surface area contributed by atoms with Gasteiger partial charge in [-0.05, 0) is 12.8 Å².